The van der Waals surface area contributed by atoms with Gasteiger partial charge in [0.15, 0.2) is 0 Å². The number of amides is 1. The number of carbonyl (C=O) groups is 1. The number of nitrogens with one attached hydrogen (secondary N) is 1. The fraction of sp³-hybridized carbons (Fsp3) is 0.467. The molecule has 0 spiro atoms. The van der Waals surface area contributed by atoms with E-state index in [9.17, 15) is 9.59 Å². The molecule has 0 unspecified atom stereocenters. The predicted molar refractivity (Wildman–Crippen MR) is 153 cm³/mol. The second-order valence-electron chi connectivity index (χ2n) is 10.8. The summed E-state index contributed by atoms with van der Waals surface area (Å²) < 4.78 is 7.45. The number of rotatable bonds is 7. The molecule has 2 aliphatic rings. The van der Waals surface area contributed by atoms with Gasteiger partial charge >= 0.3 is 0 Å². The lowest BCUT2D eigenvalue weighted by Gasteiger charge is -2.50. The van der Waals surface area contributed by atoms with E-state index in [-0.39, 0.29) is 29.1 Å². The standard InChI is InChI=1S/C30H38N6O3/c1-5-26(37)34-14-16-35(17-15-34)30(12-18-39-19-13-30)25-9-6-23(7-10-25)22(4)32-29-31-20-24-8-11-27(38)36(21(2)3)28(24)33-29/h5-11,20-22H,1,12-19H2,2-4H3,(H,31,32,33)/t22-/m1/s1. The average molecular weight is 531 g/mol. The fourth-order valence-corrected chi connectivity index (χ4v) is 5.95. The van der Waals surface area contributed by atoms with Crippen molar-refractivity contribution < 1.29 is 9.53 Å². The Morgan fingerprint density at radius 3 is 2.38 bits per heavy atom. The highest BCUT2D eigenvalue weighted by Crippen LogP contribution is 2.39. The highest BCUT2D eigenvalue weighted by molar-refractivity contribution is 5.87. The summed E-state index contributed by atoms with van der Waals surface area (Å²) in [7, 11) is 0. The van der Waals surface area contributed by atoms with Crippen LogP contribution in [0.1, 0.15) is 56.8 Å². The Morgan fingerprint density at radius 2 is 1.74 bits per heavy atom. The monoisotopic (exact) mass is 530 g/mol. The molecule has 206 valence electrons. The number of piperazine rings is 1. The summed E-state index contributed by atoms with van der Waals surface area (Å²) in [5.41, 5.74) is 2.88. The van der Waals surface area contributed by atoms with E-state index in [2.05, 4.69) is 53.0 Å². The second-order valence-corrected chi connectivity index (χ2v) is 10.8. The van der Waals surface area contributed by atoms with Gasteiger partial charge in [-0.05, 0) is 56.9 Å². The van der Waals surface area contributed by atoms with Crippen LogP contribution in [0.4, 0.5) is 5.95 Å². The average Bonchev–Trinajstić information content (AvgIpc) is 2.97. The topological polar surface area (TPSA) is 92.6 Å². The Labute approximate surface area is 229 Å². The van der Waals surface area contributed by atoms with Crippen molar-refractivity contribution in [1.29, 1.82) is 0 Å². The molecule has 2 fully saturated rings. The first-order valence-corrected chi connectivity index (χ1v) is 13.8. The number of fused-ring (bicyclic) bond motifs is 1. The minimum atomic E-state index is -0.0985. The lowest BCUT2D eigenvalue weighted by atomic mass is 9.80. The molecule has 3 aromatic rings. The molecule has 1 atom stereocenters. The molecule has 4 heterocycles. The van der Waals surface area contributed by atoms with E-state index in [1.54, 1.807) is 22.9 Å². The molecule has 1 N–H and O–H groups in total. The van der Waals surface area contributed by atoms with Crippen LogP contribution in [0, 0.1) is 0 Å². The van der Waals surface area contributed by atoms with Gasteiger partial charge < -0.3 is 15.0 Å². The van der Waals surface area contributed by atoms with Crippen LogP contribution in [0.2, 0.25) is 0 Å². The van der Waals surface area contributed by atoms with E-state index < -0.39 is 0 Å². The van der Waals surface area contributed by atoms with Crippen LogP contribution in [0.25, 0.3) is 11.0 Å². The Hall–Kier alpha value is -3.56. The number of pyridine rings is 1. The highest BCUT2D eigenvalue weighted by atomic mass is 16.5. The third-order valence-electron chi connectivity index (χ3n) is 8.17. The Kier molecular flexibility index (Phi) is 7.81. The molecular weight excluding hydrogens is 492 g/mol. The van der Waals surface area contributed by atoms with Gasteiger partial charge in [-0.2, -0.15) is 4.98 Å². The summed E-state index contributed by atoms with van der Waals surface area (Å²) in [5, 5.41) is 4.25. The first-order chi connectivity index (χ1) is 18.8. The molecule has 0 radical (unpaired) electrons. The lowest BCUT2D eigenvalue weighted by molar-refractivity contribution is -0.130. The first-order valence-electron chi connectivity index (χ1n) is 13.8. The molecule has 9 heteroatoms. The van der Waals surface area contributed by atoms with E-state index in [1.807, 2.05) is 18.7 Å². The number of nitrogens with zero attached hydrogens (tertiary/aromatic N) is 5. The van der Waals surface area contributed by atoms with E-state index in [4.69, 9.17) is 9.72 Å². The van der Waals surface area contributed by atoms with Crippen molar-refractivity contribution in [2.24, 2.45) is 0 Å². The van der Waals surface area contributed by atoms with Gasteiger partial charge in [-0.25, -0.2) is 4.98 Å². The Morgan fingerprint density at radius 1 is 1.05 bits per heavy atom. The maximum Gasteiger partial charge on any atom is 0.252 e. The van der Waals surface area contributed by atoms with Crippen LogP contribution in [-0.4, -0.2) is 69.6 Å². The van der Waals surface area contributed by atoms with Gasteiger partial charge in [-0.3, -0.25) is 19.1 Å². The summed E-state index contributed by atoms with van der Waals surface area (Å²) in [5.74, 6) is 0.497. The summed E-state index contributed by atoms with van der Waals surface area (Å²) >= 11 is 0. The number of carbonyl (C=O) groups excluding carboxylic acids is 1. The third kappa shape index (κ3) is 5.33. The first kappa shape index (κ1) is 27.0. The van der Waals surface area contributed by atoms with Crippen LogP contribution in [0.5, 0.6) is 0 Å². The van der Waals surface area contributed by atoms with E-state index in [0.29, 0.717) is 24.7 Å². The maximum absolute atomic E-state index is 12.4. The van der Waals surface area contributed by atoms with Crippen molar-refractivity contribution in [3.63, 3.8) is 0 Å². The Bertz CT molecular complexity index is 1390. The molecule has 5 rings (SSSR count). The molecule has 2 aromatic heterocycles. The van der Waals surface area contributed by atoms with E-state index in [1.165, 1.54) is 11.6 Å². The number of anilines is 1. The SMILES string of the molecule is C=CC(=O)N1CCN(C2(c3ccc([C@@H](C)Nc4ncc5ccc(=O)n(C(C)C)c5n4)cc3)CCOCC2)CC1. The number of benzene rings is 1. The van der Waals surface area contributed by atoms with Gasteiger partial charge in [0.1, 0.15) is 5.65 Å². The number of ether oxygens (including phenoxy) is 1. The summed E-state index contributed by atoms with van der Waals surface area (Å²) in [6.07, 6.45) is 5.02. The lowest BCUT2D eigenvalue weighted by Crippen LogP contribution is -2.58. The molecule has 1 amide bonds. The molecule has 1 aromatic carbocycles. The summed E-state index contributed by atoms with van der Waals surface area (Å²) in [6, 6.07) is 12.1. The molecule has 0 bridgehead atoms. The number of hydrogen-bond donors (Lipinski definition) is 1. The summed E-state index contributed by atoms with van der Waals surface area (Å²) in [6.45, 7) is 14.2. The molecule has 9 nitrogen and oxygen atoms in total. The van der Waals surface area contributed by atoms with Crippen LogP contribution < -0.4 is 10.9 Å². The van der Waals surface area contributed by atoms with Crippen LogP contribution in [0.15, 0.2) is 60.0 Å². The molecule has 0 aliphatic carbocycles. The smallest absolute Gasteiger partial charge is 0.252 e. The minimum Gasteiger partial charge on any atom is -0.381 e. The van der Waals surface area contributed by atoms with Crippen molar-refractivity contribution >= 4 is 22.9 Å². The van der Waals surface area contributed by atoms with Crippen molar-refractivity contribution in [3.05, 3.63) is 76.7 Å². The molecule has 39 heavy (non-hydrogen) atoms. The third-order valence-corrected chi connectivity index (χ3v) is 8.17. The van der Waals surface area contributed by atoms with Crippen molar-refractivity contribution in [3.8, 4) is 0 Å². The largest absolute Gasteiger partial charge is 0.381 e. The zero-order valence-corrected chi connectivity index (χ0v) is 23.1. The van der Waals surface area contributed by atoms with Gasteiger partial charge in [0.2, 0.25) is 11.9 Å². The minimum absolute atomic E-state index is 0.00289. The van der Waals surface area contributed by atoms with Gasteiger partial charge in [-0.1, -0.05) is 30.8 Å². The van der Waals surface area contributed by atoms with Crippen LogP contribution in [0.3, 0.4) is 0 Å². The van der Waals surface area contributed by atoms with Crippen molar-refractivity contribution in [1.82, 2.24) is 24.3 Å². The van der Waals surface area contributed by atoms with Crippen molar-refractivity contribution in [2.45, 2.75) is 51.2 Å². The van der Waals surface area contributed by atoms with Gasteiger partial charge in [0.05, 0.1) is 11.6 Å². The van der Waals surface area contributed by atoms with E-state index >= 15 is 0 Å². The normalized spacial score (nSPS) is 18.7. The predicted octanol–water partition coefficient (Wildman–Crippen LogP) is 3.88. The zero-order chi connectivity index (χ0) is 27.6. The zero-order valence-electron chi connectivity index (χ0n) is 23.1. The quantitative estimate of drug-likeness (QED) is 0.464. The molecule has 2 aliphatic heterocycles. The number of aromatic nitrogens is 3. The fourth-order valence-electron chi connectivity index (χ4n) is 5.95. The van der Waals surface area contributed by atoms with Crippen LogP contribution in [-0.2, 0) is 15.1 Å². The maximum atomic E-state index is 12.4. The molecule has 2 saturated heterocycles. The summed E-state index contributed by atoms with van der Waals surface area (Å²) in [4.78, 5) is 38.1. The Balaban J connectivity index is 1.35. The second kappa shape index (κ2) is 11.3. The molecular formula is C30H38N6O3. The van der Waals surface area contributed by atoms with Gasteiger partial charge in [0.25, 0.3) is 5.56 Å². The highest BCUT2D eigenvalue weighted by Gasteiger charge is 2.41. The number of hydrogen-bond acceptors (Lipinski definition) is 7. The van der Waals surface area contributed by atoms with E-state index in [0.717, 1.165) is 50.1 Å². The van der Waals surface area contributed by atoms with Crippen molar-refractivity contribution in [2.75, 3.05) is 44.7 Å². The molecule has 0 saturated carbocycles. The van der Waals surface area contributed by atoms with Gasteiger partial charge in [-0.15, -0.1) is 0 Å². The van der Waals surface area contributed by atoms with Crippen LogP contribution >= 0.6 is 0 Å². The van der Waals surface area contributed by atoms with Gasteiger partial charge in [0, 0.05) is 63.1 Å².